The van der Waals surface area contributed by atoms with Crippen LogP contribution in [0, 0.1) is 5.95 Å². The van der Waals surface area contributed by atoms with Gasteiger partial charge in [-0.3, -0.25) is 4.79 Å². The monoisotopic (exact) mass is 274 g/mol. The van der Waals surface area contributed by atoms with Gasteiger partial charge in [0.25, 0.3) is 5.91 Å². The van der Waals surface area contributed by atoms with Crippen LogP contribution < -0.4 is 16.0 Å². The highest BCUT2D eigenvalue weighted by molar-refractivity contribution is 6.05. The van der Waals surface area contributed by atoms with Gasteiger partial charge in [0.1, 0.15) is 0 Å². The Labute approximate surface area is 116 Å². The fraction of sp³-hybridized carbons (Fsp3) is 0.143. The summed E-state index contributed by atoms with van der Waals surface area (Å²) in [5, 5.41) is 2.62. The van der Waals surface area contributed by atoms with Crippen molar-refractivity contribution >= 4 is 23.0 Å². The van der Waals surface area contributed by atoms with Crippen molar-refractivity contribution < 1.29 is 9.18 Å². The predicted molar refractivity (Wildman–Crippen MR) is 77.3 cm³/mol. The SMILES string of the molecule is CN(C)c1ccc(C(=O)Nc2ccc(F)nc2)cc1N. The molecule has 6 heteroatoms. The van der Waals surface area contributed by atoms with Gasteiger partial charge in [-0.25, -0.2) is 4.98 Å². The number of nitrogens with two attached hydrogens (primary N) is 1. The Kier molecular flexibility index (Phi) is 3.84. The summed E-state index contributed by atoms with van der Waals surface area (Å²) in [7, 11) is 3.74. The van der Waals surface area contributed by atoms with Crippen molar-refractivity contribution in [1.82, 2.24) is 4.98 Å². The number of benzene rings is 1. The third-order valence-corrected chi connectivity index (χ3v) is 2.76. The second-order valence-corrected chi connectivity index (χ2v) is 4.49. The van der Waals surface area contributed by atoms with E-state index in [1.165, 1.54) is 18.3 Å². The summed E-state index contributed by atoms with van der Waals surface area (Å²) in [6.45, 7) is 0. The Hall–Kier alpha value is -2.63. The van der Waals surface area contributed by atoms with E-state index in [0.29, 0.717) is 16.9 Å². The van der Waals surface area contributed by atoms with Crippen molar-refractivity contribution in [1.29, 1.82) is 0 Å². The van der Waals surface area contributed by atoms with Gasteiger partial charge in [-0.1, -0.05) is 0 Å². The van der Waals surface area contributed by atoms with Gasteiger partial charge in [0.2, 0.25) is 5.95 Å². The van der Waals surface area contributed by atoms with Crippen molar-refractivity contribution in [3.05, 3.63) is 48.0 Å². The Morgan fingerprint density at radius 3 is 2.60 bits per heavy atom. The fourth-order valence-electron chi connectivity index (χ4n) is 1.76. The zero-order valence-electron chi connectivity index (χ0n) is 11.2. The quantitative estimate of drug-likeness (QED) is 0.664. The van der Waals surface area contributed by atoms with E-state index in [1.807, 2.05) is 19.0 Å². The molecule has 0 aliphatic carbocycles. The molecular formula is C14H15FN4O. The molecule has 5 nitrogen and oxygen atoms in total. The summed E-state index contributed by atoms with van der Waals surface area (Å²) < 4.78 is 12.7. The number of aromatic nitrogens is 1. The van der Waals surface area contributed by atoms with Crippen LogP contribution in [0.2, 0.25) is 0 Å². The molecule has 0 atom stereocenters. The van der Waals surface area contributed by atoms with Crippen LogP contribution in [0.15, 0.2) is 36.5 Å². The number of halogens is 1. The normalized spacial score (nSPS) is 10.2. The van der Waals surface area contributed by atoms with Crippen LogP contribution in [0.4, 0.5) is 21.5 Å². The average molecular weight is 274 g/mol. The van der Waals surface area contributed by atoms with Crippen LogP contribution in [0.5, 0.6) is 0 Å². The summed E-state index contributed by atoms with van der Waals surface area (Å²) in [4.78, 5) is 17.4. The van der Waals surface area contributed by atoms with Crippen molar-refractivity contribution in [2.45, 2.75) is 0 Å². The molecule has 0 radical (unpaired) electrons. The second kappa shape index (κ2) is 5.56. The molecule has 20 heavy (non-hydrogen) atoms. The van der Waals surface area contributed by atoms with Crippen LogP contribution >= 0.6 is 0 Å². The van der Waals surface area contributed by atoms with E-state index in [1.54, 1.807) is 18.2 Å². The van der Waals surface area contributed by atoms with E-state index in [2.05, 4.69) is 10.3 Å². The molecule has 1 heterocycles. The maximum atomic E-state index is 12.7. The predicted octanol–water partition coefficient (Wildman–Crippen LogP) is 2.12. The van der Waals surface area contributed by atoms with E-state index >= 15 is 0 Å². The highest BCUT2D eigenvalue weighted by Gasteiger charge is 2.09. The number of rotatable bonds is 3. The topological polar surface area (TPSA) is 71.2 Å². The number of carbonyl (C=O) groups is 1. The number of pyridine rings is 1. The minimum Gasteiger partial charge on any atom is -0.397 e. The van der Waals surface area contributed by atoms with Gasteiger partial charge in [-0.15, -0.1) is 0 Å². The third-order valence-electron chi connectivity index (χ3n) is 2.76. The molecule has 3 N–H and O–H groups in total. The van der Waals surface area contributed by atoms with E-state index in [0.717, 1.165) is 5.69 Å². The number of nitrogens with zero attached hydrogens (tertiary/aromatic N) is 2. The lowest BCUT2D eigenvalue weighted by Crippen LogP contribution is -2.15. The molecular weight excluding hydrogens is 259 g/mol. The lowest BCUT2D eigenvalue weighted by atomic mass is 10.1. The van der Waals surface area contributed by atoms with Crippen molar-refractivity contribution in [3.63, 3.8) is 0 Å². The van der Waals surface area contributed by atoms with Gasteiger partial charge >= 0.3 is 0 Å². The number of nitrogens with one attached hydrogen (secondary N) is 1. The van der Waals surface area contributed by atoms with Gasteiger partial charge < -0.3 is 16.0 Å². The molecule has 0 bridgehead atoms. The summed E-state index contributed by atoms with van der Waals surface area (Å²) in [6.07, 6.45) is 1.25. The fourth-order valence-corrected chi connectivity index (χ4v) is 1.76. The van der Waals surface area contributed by atoms with Crippen LogP contribution in [-0.4, -0.2) is 25.0 Å². The lowest BCUT2D eigenvalue weighted by molar-refractivity contribution is 0.102. The molecule has 0 spiro atoms. The van der Waals surface area contributed by atoms with Crippen molar-refractivity contribution in [2.75, 3.05) is 30.0 Å². The van der Waals surface area contributed by atoms with Crippen LogP contribution in [0.1, 0.15) is 10.4 Å². The Bertz CT molecular complexity index is 626. The van der Waals surface area contributed by atoms with Gasteiger partial charge in [0.15, 0.2) is 0 Å². The zero-order valence-corrected chi connectivity index (χ0v) is 11.2. The molecule has 0 aliphatic heterocycles. The lowest BCUT2D eigenvalue weighted by Gasteiger charge is -2.15. The van der Waals surface area contributed by atoms with E-state index in [4.69, 9.17) is 5.73 Å². The highest BCUT2D eigenvalue weighted by Crippen LogP contribution is 2.22. The Morgan fingerprint density at radius 2 is 2.05 bits per heavy atom. The first kappa shape index (κ1) is 13.8. The summed E-state index contributed by atoms with van der Waals surface area (Å²) in [5.41, 5.74) is 8.09. The number of carbonyl (C=O) groups excluding carboxylic acids is 1. The molecule has 1 aromatic carbocycles. The number of hydrogen-bond acceptors (Lipinski definition) is 4. The number of amides is 1. The van der Waals surface area contributed by atoms with Crippen LogP contribution in [0.25, 0.3) is 0 Å². The minimum atomic E-state index is -0.595. The van der Waals surface area contributed by atoms with E-state index in [-0.39, 0.29) is 5.91 Å². The first-order chi connectivity index (χ1) is 9.47. The Balaban J connectivity index is 2.17. The smallest absolute Gasteiger partial charge is 0.255 e. The summed E-state index contributed by atoms with van der Waals surface area (Å²) in [6, 6.07) is 7.67. The molecule has 0 saturated heterocycles. The molecule has 0 unspecified atom stereocenters. The molecule has 2 rings (SSSR count). The van der Waals surface area contributed by atoms with Gasteiger partial charge in [-0.05, 0) is 30.3 Å². The van der Waals surface area contributed by atoms with Crippen LogP contribution in [0.3, 0.4) is 0 Å². The van der Waals surface area contributed by atoms with Crippen molar-refractivity contribution in [2.24, 2.45) is 0 Å². The van der Waals surface area contributed by atoms with Crippen LogP contribution in [-0.2, 0) is 0 Å². The molecule has 1 amide bonds. The molecule has 104 valence electrons. The first-order valence-electron chi connectivity index (χ1n) is 5.97. The maximum absolute atomic E-state index is 12.7. The molecule has 2 aromatic rings. The third kappa shape index (κ3) is 3.03. The number of nitrogen functional groups attached to an aromatic ring is 1. The van der Waals surface area contributed by atoms with Gasteiger partial charge in [-0.2, -0.15) is 4.39 Å². The Morgan fingerprint density at radius 1 is 1.30 bits per heavy atom. The molecule has 0 aliphatic rings. The van der Waals surface area contributed by atoms with Gasteiger partial charge in [0.05, 0.1) is 23.3 Å². The van der Waals surface area contributed by atoms with E-state index in [9.17, 15) is 9.18 Å². The molecule has 0 saturated carbocycles. The summed E-state index contributed by atoms with van der Waals surface area (Å²) in [5.74, 6) is -0.919. The minimum absolute atomic E-state index is 0.324. The average Bonchev–Trinajstić information content (AvgIpc) is 2.40. The largest absolute Gasteiger partial charge is 0.397 e. The standard InChI is InChI=1S/C14H15FN4O/c1-19(2)12-5-3-9(7-11(12)16)14(20)18-10-4-6-13(15)17-8-10/h3-8H,16H2,1-2H3,(H,18,20). The molecule has 0 fully saturated rings. The zero-order chi connectivity index (χ0) is 14.7. The maximum Gasteiger partial charge on any atom is 0.255 e. The highest BCUT2D eigenvalue weighted by atomic mass is 19.1. The number of hydrogen-bond donors (Lipinski definition) is 2. The second-order valence-electron chi connectivity index (χ2n) is 4.49. The van der Waals surface area contributed by atoms with Crippen molar-refractivity contribution in [3.8, 4) is 0 Å². The number of anilines is 3. The first-order valence-corrected chi connectivity index (χ1v) is 5.97. The van der Waals surface area contributed by atoms with E-state index < -0.39 is 5.95 Å². The molecule has 1 aromatic heterocycles. The summed E-state index contributed by atoms with van der Waals surface area (Å²) >= 11 is 0. The van der Waals surface area contributed by atoms with Gasteiger partial charge in [0, 0.05) is 19.7 Å².